The molecule has 2 aliphatic heterocycles. The smallest absolute Gasteiger partial charge is 0.150 e. The Morgan fingerprint density at radius 1 is 1.00 bits per heavy atom. The van der Waals surface area contributed by atoms with Gasteiger partial charge in [0, 0.05) is 12.8 Å². The lowest BCUT2D eigenvalue weighted by Crippen LogP contribution is -2.64. The van der Waals surface area contributed by atoms with Gasteiger partial charge in [-0.05, 0) is 19.3 Å². The molecule has 4 nitrogen and oxygen atoms in total. The Balaban J connectivity index is 2.00. The predicted molar refractivity (Wildman–Crippen MR) is 59.7 cm³/mol. The van der Waals surface area contributed by atoms with Gasteiger partial charge in [-0.25, -0.2) is 13.0 Å². The second-order valence-corrected chi connectivity index (χ2v) is 7.30. The van der Waals surface area contributed by atoms with Crippen LogP contribution in [0.1, 0.15) is 32.1 Å². The lowest BCUT2D eigenvalue weighted by molar-refractivity contribution is -0.967. The molecule has 0 radical (unpaired) electrons. The standard InChI is InChI=1S/C10H21N2O2S/c11-12(6-2-1-3-7-12)10-4-8-15(13,14)9-5-10/h10H,1-9,11H2/q+1. The van der Waals surface area contributed by atoms with Crippen molar-refractivity contribution in [2.75, 3.05) is 24.6 Å². The van der Waals surface area contributed by atoms with Crippen LogP contribution >= 0.6 is 0 Å². The van der Waals surface area contributed by atoms with Crippen LogP contribution in [0.3, 0.4) is 0 Å². The summed E-state index contributed by atoms with van der Waals surface area (Å²) in [5.41, 5.74) is 0. The van der Waals surface area contributed by atoms with Gasteiger partial charge >= 0.3 is 0 Å². The van der Waals surface area contributed by atoms with Crippen molar-refractivity contribution in [3.05, 3.63) is 0 Å². The van der Waals surface area contributed by atoms with Crippen LogP contribution in [-0.2, 0) is 9.84 Å². The van der Waals surface area contributed by atoms with Gasteiger partial charge in [-0.15, -0.1) is 0 Å². The number of piperidine rings is 1. The van der Waals surface area contributed by atoms with E-state index in [1.165, 1.54) is 19.3 Å². The molecule has 0 aromatic carbocycles. The summed E-state index contributed by atoms with van der Waals surface area (Å²) in [4.78, 5) is 0. The van der Waals surface area contributed by atoms with E-state index in [0.29, 0.717) is 22.1 Å². The van der Waals surface area contributed by atoms with Crippen LogP contribution in [0.5, 0.6) is 0 Å². The number of hydrogen-bond acceptors (Lipinski definition) is 3. The predicted octanol–water partition coefficient (Wildman–Crippen LogP) is 0.438. The SMILES string of the molecule is N[N+]1(C2CCS(=O)(=O)CC2)CCCCC1. The van der Waals surface area contributed by atoms with Crippen LogP contribution in [0.15, 0.2) is 0 Å². The maximum atomic E-state index is 11.3. The van der Waals surface area contributed by atoms with Gasteiger partial charge in [0.2, 0.25) is 0 Å². The molecule has 2 saturated heterocycles. The monoisotopic (exact) mass is 233 g/mol. The van der Waals surface area contributed by atoms with Gasteiger partial charge < -0.3 is 0 Å². The molecule has 0 amide bonds. The van der Waals surface area contributed by atoms with Crippen LogP contribution in [0.2, 0.25) is 0 Å². The molecule has 2 fully saturated rings. The van der Waals surface area contributed by atoms with E-state index in [2.05, 4.69) is 0 Å². The molecule has 2 aliphatic rings. The minimum atomic E-state index is -2.75. The normalized spacial score (nSPS) is 31.3. The molecule has 0 bridgehead atoms. The maximum absolute atomic E-state index is 11.3. The highest BCUT2D eigenvalue weighted by molar-refractivity contribution is 7.91. The van der Waals surface area contributed by atoms with Crippen molar-refractivity contribution in [3.63, 3.8) is 0 Å². The van der Waals surface area contributed by atoms with Gasteiger partial charge in [0.1, 0.15) is 6.04 Å². The topological polar surface area (TPSA) is 60.2 Å². The molecular weight excluding hydrogens is 212 g/mol. The quantitative estimate of drug-likeness (QED) is 0.528. The first kappa shape index (κ1) is 11.4. The summed E-state index contributed by atoms with van der Waals surface area (Å²) in [5, 5.41) is 0. The number of quaternary nitrogens is 1. The summed E-state index contributed by atoms with van der Waals surface area (Å²) >= 11 is 0. The lowest BCUT2D eigenvalue weighted by Gasteiger charge is -2.43. The number of nitrogens with zero attached hydrogens (tertiary/aromatic N) is 1. The molecule has 0 aromatic rings. The van der Waals surface area contributed by atoms with Crippen molar-refractivity contribution in [2.45, 2.75) is 38.1 Å². The molecule has 2 rings (SSSR count). The molecule has 2 heterocycles. The molecule has 5 heteroatoms. The van der Waals surface area contributed by atoms with Crippen molar-refractivity contribution in [3.8, 4) is 0 Å². The van der Waals surface area contributed by atoms with Gasteiger partial charge in [-0.1, -0.05) is 0 Å². The largest absolute Gasteiger partial charge is 0.246 e. The van der Waals surface area contributed by atoms with Gasteiger partial charge in [-0.3, -0.25) is 0 Å². The summed E-state index contributed by atoms with van der Waals surface area (Å²) in [7, 11) is -2.75. The molecule has 0 aromatic heterocycles. The summed E-state index contributed by atoms with van der Waals surface area (Å²) in [6, 6.07) is 0.383. The van der Waals surface area contributed by atoms with E-state index in [1.807, 2.05) is 0 Å². The third kappa shape index (κ3) is 2.52. The molecule has 0 aliphatic carbocycles. The number of hydrogen-bond donors (Lipinski definition) is 1. The second kappa shape index (κ2) is 4.03. The highest BCUT2D eigenvalue weighted by Gasteiger charge is 2.39. The molecule has 0 unspecified atom stereocenters. The van der Waals surface area contributed by atoms with Crippen LogP contribution in [0.4, 0.5) is 0 Å². The Morgan fingerprint density at radius 3 is 2.07 bits per heavy atom. The number of rotatable bonds is 1. The molecule has 2 N–H and O–H groups in total. The first-order chi connectivity index (χ1) is 7.02. The molecule has 15 heavy (non-hydrogen) atoms. The van der Waals surface area contributed by atoms with Crippen molar-refractivity contribution in [1.29, 1.82) is 0 Å². The number of sulfone groups is 1. The van der Waals surface area contributed by atoms with Crippen molar-refractivity contribution < 1.29 is 13.0 Å². The summed E-state index contributed by atoms with van der Waals surface area (Å²) < 4.78 is 23.3. The van der Waals surface area contributed by atoms with Crippen LogP contribution in [-0.4, -0.2) is 43.6 Å². The van der Waals surface area contributed by atoms with Gasteiger partial charge in [0.15, 0.2) is 9.84 Å². The zero-order chi connectivity index (χ0) is 10.9. The third-order valence-corrected chi connectivity index (χ3v) is 5.62. The number of nitrogens with two attached hydrogens (primary N) is 1. The molecule has 0 spiro atoms. The minimum absolute atomic E-state index is 0.342. The first-order valence-electron chi connectivity index (χ1n) is 5.88. The molecular formula is C10H21N2O2S+. The molecule has 0 atom stereocenters. The highest BCUT2D eigenvalue weighted by atomic mass is 32.2. The van der Waals surface area contributed by atoms with E-state index in [-0.39, 0.29) is 0 Å². The van der Waals surface area contributed by atoms with Crippen molar-refractivity contribution >= 4 is 9.84 Å². The summed E-state index contributed by atoms with van der Waals surface area (Å²) in [5.74, 6) is 7.05. The fourth-order valence-electron chi connectivity index (χ4n) is 2.86. The zero-order valence-corrected chi connectivity index (χ0v) is 10.0. The minimum Gasteiger partial charge on any atom is -0.246 e. The van der Waals surface area contributed by atoms with Crippen molar-refractivity contribution in [2.24, 2.45) is 5.84 Å². The Labute approximate surface area is 91.9 Å². The van der Waals surface area contributed by atoms with Crippen LogP contribution in [0.25, 0.3) is 0 Å². The molecule has 88 valence electrons. The average molecular weight is 233 g/mol. The Hall–Kier alpha value is -0.130. The molecule has 0 saturated carbocycles. The van der Waals surface area contributed by atoms with E-state index < -0.39 is 9.84 Å². The van der Waals surface area contributed by atoms with Crippen LogP contribution in [0, 0.1) is 0 Å². The van der Waals surface area contributed by atoms with E-state index in [4.69, 9.17) is 5.84 Å². The van der Waals surface area contributed by atoms with E-state index in [9.17, 15) is 8.42 Å². The highest BCUT2D eigenvalue weighted by Crippen LogP contribution is 2.25. The second-order valence-electron chi connectivity index (χ2n) is 4.99. The Kier molecular flexibility index (Phi) is 3.05. The average Bonchev–Trinajstić information content (AvgIpc) is 2.18. The van der Waals surface area contributed by atoms with Gasteiger partial charge in [0.25, 0.3) is 0 Å². The van der Waals surface area contributed by atoms with E-state index >= 15 is 0 Å². The third-order valence-electron chi connectivity index (χ3n) is 3.90. The van der Waals surface area contributed by atoms with Crippen molar-refractivity contribution in [1.82, 2.24) is 0 Å². The lowest BCUT2D eigenvalue weighted by atomic mass is 10.0. The Bertz CT molecular complexity index is 306. The summed E-state index contributed by atoms with van der Waals surface area (Å²) in [6.45, 7) is 2.06. The first-order valence-corrected chi connectivity index (χ1v) is 7.70. The summed E-state index contributed by atoms with van der Waals surface area (Å²) in [6.07, 6.45) is 5.19. The fraction of sp³-hybridized carbons (Fsp3) is 1.00. The van der Waals surface area contributed by atoms with Gasteiger partial charge in [-0.2, -0.15) is 5.84 Å². The van der Waals surface area contributed by atoms with E-state index in [1.54, 1.807) is 0 Å². The van der Waals surface area contributed by atoms with E-state index in [0.717, 1.165) is 25.9 Å². The number of likely N-dealkylation sites (tertiary alicyclic amines) is 1. The van der Waals surface area contributed by atoms with Gasteiger partial charge in [0.05, 0.1) is 24.6 Å². The van der Waals surface area contributed by atoms with Crippen LogP contribution < -0.4 is 5.84 Å². The maximum Gasteiger partial charge on any atom is 0.150 e. The Morgan fingerprint density at radius 2 is 1.53 bits per heavy atom. The zero-order valence-electron chi connectivity index (χ0n) is 9.19. The fourth-order valence-corrected chi connectivity index (χ4v) is 4.32.